The molecular weight excluding hydrogens is 236 g/mol. The SMILES string of the molecule is CC1(C)CCC(Nc2cccc(-c3cnco3)c2)C1. The second-order valence-electron chi connectivity index (χ2n) is 6.19. The molecule has 0 aliphatic heterocycles. The summed E-state index contributed by atoms with van der Waals surface area (Å²) >= 11 is 0. The Morgan fingerprint density at radius 2 is 2.26 bits per heavy atom. The molecule has 19 heavy (non-hydrogen) atoms. The van der Waals surface area contributed by atoms with Gasteiger partial charge in [-0.25, -0.2) is 4.98 Å². The van der Waals surface area contributed by atoms with E-state index in [9.17, 15) is 0 Å². The fourth-order valence-corrected chi connectivity index (χ4v) is 2.92. The van der Waals surface area contributed by atoms with Gasteiger partial charge in [-0.05, 0) is 36.8 Å². The number of anilines is 1. The molecule has 1 aliphatic rings. The third-order valence-corrected chi connectivity index (χ3v) is 3.92. The first-order valence-electron chi connectivity index (χ1n) is 6.88. The van der Waals surface area contributed by atoms with Crippen molar-refractivity contribution in [3.8, 4) is 11.3 Å². The van der Waals surface area contributed by atoms with Gasteiger partial charge in [0.25, 0.3) is 0 Å². The Morgan fingerprint density at radius 1 is 1.37 bits per heavy atom. The monoisotopic (exact) mass is 256 g/mol. The number of rotatable bonds is 3. The zero-order chi connectivity index (χ0) is 13.3. The summed E-state index contributed by atoms with van der Waals surface area (Å²) in [5.74, 6) is 0.815. The van der Waals surface area contributed by atoms with Crippen molar-refractivity contribution in [1.82, 2.24) is 4.98 Å². The van der Waals surface area contributed by atoms with E-state index < -0.39 is 0 Å². The van der Waals surface area contributed by atoms with Crippen LogP contribution in [-0.4, -0.2) is 11.0 Å². The lowest BCUT2D eigenvalue weighted by atomic mass is 9.92. The molecule has 1 heterocycles. The maximum absolute atomic E-state index is 5.34. The minimum Gasteiger partial charge on any atom is -0.444 e. The van der Waals surface area contributed by atoms with E-state index in [1.54, 1.807) is 6.20 Å². The smallest absolute Gasteiger partial charge is 0.181 e. The Bertz CT molecular complexity index is 546. The number of hydrogen-bond acceptors (Lipinski definition) is 3. The van der Waals surface area contributed by atoms with Crippen molar-refractivity contribution >= 4 is 5.69 Å². The third kappa shape index (κ3) is 2.80. The average Bonchev–Trinajstić information content (AvgIpc) is 2.99. The average molecular weight is 256 g/mol. The Balaban J connectivity index is 1.74. The summed E-state index contributed by atoms with van der Waals surface area (Å²) in [6.07, 6.45) is 7.00. The maximum Gasteiger partial charge on any atom is 0.181 e. The van der Waals surface area contributed by atoms with E-state index in [0.29, 0.717) is 11.5 Å². The molecule has 1 aliphatic carbocycles. The predicted octanol–water partition coefficient (Wildman–Crippen LogP) is 4.33. The third-order valence-electron chi connectivity index (χ3n) is 3.92. The molecule has 1 fully saturated rings. The van der Waals surface area contributed by atoms with Crippen LogP contribution in [0.5, 0.6) is 0 Å². The molecule has 0 radical (unpaired) electrons. The minimum absolute atomic E-state index is 0.472. The molecule has 0 saturated heterocycles. The molecule has 100 valence electrons. The summed E-state index contributed by atoms with van der Waals surface area (Å²) in [6.45, 7) is 4.69. The zero-order valence-corrected chi connectivity index (χ0v) is 11.5. The Morgan fingerprint density at radius 3 is 2.95 bits per heavy atom. The lowest BCUT2D eigenvalue weighted by Crippen LogP contribution is -2.17. The summed E-state index contributed by atoms with van der Waals surface area (Å²) < 4.78 is 5.34. The van der Waals surface area contributed by atoms with Gasteiger partial charge in [0.1, 0.15) is 0 Å². The first-order valence-corrected chi connectivity index (χ1v) is 6.88. The standard InChI is InChI=1S/C16H20N2O/c1-16(2)7-6-14(9-16)18-13-5-3-4-12(8-13)15-10-17-11-19-15/h3-5,8,10-11,14,18H,6-7,9H2,1-2H3. The van der Waals surface area contributed by atoms with Crippen LogP contribution in [0.15, 0.2) is 41.3 Å². The van der Waals surface area contributed by atoms with Crippen LogP contribution < -0.4 is 5.32 Å². The summed E-state index contributed by atoms with van der Waals surface area (Å²) in [5, 5.41) is 3.64. The van der Waals surface area contributed by atoms with Crippen LogP contribution in [0.25, 0.3) is 11.3 Å². The summed E-state index contributed by atoms with van der Waals surface area (Å²) in [6, 6.07) is 8.93. The van der Waals surface area contributed by atoms with E-state index in [0.717, 1.165) is 17.0 Å². The quantitative estimate of drug-likeness (QED) is 0.888. The second-order valence-corrected chi connectivity index (χ2v) is 6.19. The molecule has 2 aromatic rings. The molecule has 3 nitrogen and oxygen atoms in total. The van der Waals surface area contributed by atoms with Crippen LogP contribution >= 0.6 is 0 Å². The molecule has 0 amide bonds. The number of nitrogens with zero attached hydrogens (tertiary/aromatic N) is 1. The van der Waals surface area contributed by atoms with Crippen LogP contribution in [0.3, 0.4) is 0 Å². The molecule has 1 aromatic heterocycles. The fraction of sp³-hybridized carbons (Fsp3) is 0.438. The van der Waals surface area contributed by atoms with Crippen molar-refractivity contribution in [1.29, 1.82) is 0 Å². The van der Waals surface area contributed by atoms with Crippen molar-refractivity contribution in [3.05, 3.63) is 36.9 Å². The number of hydrogen-bond donors (Lipinski definition) is 1. The first-order chi connectivity index (χ1) is 9.12. The van der Waals surface area contributed by atoms with Gasteiger partial charge in [0.05, 0.1) is 6.20 Å². The molecule has 3 heteroatoms. The molecule has 1 aromatic carbocycles. The van der Waals surface area contributed by atoms with E-state index in [1.165, 1.54) is 25.7 Å². The van der Waals surface area contributed by atoms with Crippen LogP contribution in [0.2, 0.25) is 0 Å². The van der Waals surface area contributed by atoms with Gasteiger partial charge in [0.2, 0.25) is 0 Å². The molecule has 1 saturated carbocycles. The lowest BCUT2D eigenvalue weighted by molar-refractivity contribution is 0.378. The Kier molecular flexibility index (Phi) is 3.05. The summed E-state index contributed by atoms with van der Waals surface area (Å²) in [5.41, 5.74) is 2.71. The van der Waals surface area contributed by atoms with E-state index >= 15 is 0 Å². The van der Waals surface area contributed by atoms with Crippen molar-refractivity contribution in [2.45, 2.75) is 39.2 Å². The van der Waals surface area contributed by atoms with Crippen molar-refractivity contribution in [2.75, 3.05) is 5.32 Å². The molecule has 0 bridgehead atoms. The van der Waals surface area contributed by atoms with E-state index in [-0.39, 0.29) is 0 Å². The van der Waals surface area contributed by atoms with Crippen molar-refractivity contribution in [3.63, 3.8) is 0 Å². The largest absolute Gasteiger partial charge is 0.444 e. The lowest BCUT2D eigenvalue weighted by Gasteiger charge is -2.18. The van der Waals surface area contributed by atoms with Crippen LogP contribution in [0.4, 0.5) is 5.69 Å². The number of oxazole rings is 1. The van der Waals surface area contributed by atoms with Crippen molar-refractivity contribution in [2.24, 2.45) is 5.41 Å². The van der Waals surface area contributed by atoms with Gasteiger partial charge in [0, 0.05) is 17.3 Å². The highest BCUT2D eigenvalue weighted by Gasteiger charge is 2.30. The van der Waals surface area contributed by atoms with E-state index in [1.807, 2.05) is 6.07 Å². The van der Waals surface area contributed by atoms with Gasteiger partial charge in [-0.15, -0.1) is 0 Å². The number of aromatic nitrogens is 1. The highest BCUT2D eigenvalue weighted by atomic mass is 16.3. The van der Waals surface area contributed by atoms with Gasteiger partial charge in [-0.1, -0.05) is 26.0 Å². The van der Waals surface area contributed by atoms with E-state index in [4.69, 9.17) is 4.42 Å². The molecule has 0 spiro atoms. The highest BCUT2D eigenvalue weighted by molar-refractivity contribution is 5.63. The Hall–Kier alpha value is -1.77. The normalized spacial score (nSPS) is 21.5. The minimum atomic E-state index is 0.472. The molecule has 1 N–H and O–H groups in total. The van der Waals surface area contributed by atoms with E-state index in [2.05, 4.69) is 42.3 Å². The van der Waals surface area contributed by atoms with Crippen LogP contribution in [0, 0.1) is 5.41 Å². The maximum atomic E-state index is 5.34. The number of nitrogens with one attached hydrogen (secondary N) is 1. The van der Waals surface area contributed by atoms with Gasteiger partial charge < -0.3 is 9.73 Å². The highest BCUT2D eigenvalue weighted by Crippen LogP contribution is 2.38. The summed E-state index contributed by atoms with van der Waals surface area (Å²) in [4.78, 5) is 3.96. The molecule has 3 rings (SSSR count). The number of benzene rings is 1. The molecule has 1 unspecified atom stereocenters. The molecular formula is C16H20N2O. The van der Waals surface area contributed by atoms with Gasteiger partial charge >= 0.3 is 0 Å². The topological polar surface area (TPSA) is 38.1 Å². The van der Waals surface area contributed by atoms with Crippen LogP contribution in [-0.2, 0) is 0 Å². The Labute approximate surface area is 114 Å². The predicted molar refractivity (Wildman–Crippen MR) is 77.0 cm³/mol. The van der Waals surface area contributed by atoms with Gasteiger partial charge in [-0.2, -0.15) is 0 Å². The zero-order valence-electron chi connectivity index (χ0n) is 11.5. The summed E-state index contributed by atoms with van der Waals surface area (Å²) in [7, 11) is 0. The van der Waals surface area contributed by atoms with Gasteiger partial charge in [0.15, 0.2) is 12.2 Å². The second kappa shape index (κ2) is 4.72. The first kappa shape index (κ1) is 12.3. The van der Waals surface area contributed by atoms with Crippen LogP contribution in [0.1, 0.15) is 33.1 Å². The van der Waals surface area contributed by atoms with Gasteiger partial charge in [-0.3, -0.25) is 0 Å². The fourth-order valence-electron chi connectivity index (χ4n) is 2.92. The van der Waals surface area contributed by atoms with Crippen molar-refractivity contribution < 1.29 is 4.42 Å². The molecule has 1 atom stereocenters.